The van der Waals surface area contributed by atoms with Gasteiger partial charge in [0.05, 0.1) is 11.4 Å². The third-order valence-electron chi connectivity index (χ3n) is 5.01. The minimum absolute atomic E-state index is 0.212. The van der Waals surface area contributed by atoms with E-state index in [9.17, 15) is 13.2 Å². The predicted molar refractivity (Wildman–Crippen MR) is 111 cm³/mol. The van der Waals surface area contributed by atoms with Crippen molar-refractivity contribution in [1.29, 1.82) is 0 Å². The molecule has 1 aliphatic heterocycles. The molecular weight excluding hydrogens is 436 g/mol. The molecule has 1 fully saturated rings. The second-order valence-electron chi connectivity index (χ2n) is 6.67. The molecule has 1 aromatic carbocycles. The Morgan fingerprint density at radius 1 is 1.17 bits per heavy atom. The number of nitrogens with zero attached hydrogens (tertiary/aromatic N) is 2. The van der Waals surface area contributed by atoms with Crippen LogP contribution in [0.3, 0.4) is 0 Å². The van der Waals surface area contributed by atoms with Crippen molar-refractivity contribution in [3.8, 4) is 5.75 Å². The average molecular weight is 455 g/mol. The van der Waals surface area contributed by atoms with Gasteiger partial charge in [0.1, 0.15) is 15.5 Å². The fraction of sp³-hybridized carbons (Fsp3) is 0.316. The molecule has 0 saturated carbocycles. The highest BCUT2D eigenvalue weighted by atomic mass is 35.5. The molecule has 7 nitrogen and oxygen atoms in total. The smallest absolute Gasteiger partial charge is 0.289 e. The summed E-state index contributed by atoms with van der Waals surface area (Å²) in [5.41, 5.74) is 1.36. The van der Waals surface area contributed by atoms with Crippen molar-refractivity contribution in [3.05, 3.63) is 46.0 Å². The molecule has 10 heteroatoms. The van der Waals surface area contributed by atoms with Crippen LogP contribution < -0.4 is 4.74 Å². The number of fused-ring (bicyclic) bond motifs is 1. The fourth-order valence-corrected chi connectivity index (χ4v) is 6.43. The van der Waals surface area contributed by atoms with Gasteiger partial charge >= 0.3 is 0 Å². The molecule has 1 amide bonds. The van der Waals surface area contributed by atoms with E-state index < -0.39 is 10.0 Å². The maximum absolute atomic E-state index is 13.0. The zero-order valence-electron chi connectivity index (χ0n) is 15.8. The van der Waals surface area contributed by atoms with E-state index in [0.717, 1.165) is 22.3 Å². The van der Waals surface area contributed by atoms with Crippen molar-refractivity contribution >= 4 is 49.8 Å². The van der Waals surface area contributed by atoms with Gasteiger partial charge in [-0.3, -0.25) is 4.79 Å². The van der Waals surface area contributed by atoms with Gasteiger partial charge in [-0.15, -0.1) is 11.3 Å². The van der Waals surface area contributed by atoms with Crippen molar-refractivity contribution in [2.24, 2.45) is 0 Å². The Hall–Kier alpha value is -2.07. The minimum atomic E-state index is -3.60. The number of aryl methyl sites for hydroxylation is 1. The topological polar surface area (TPSA) is 80.1 Å². The SMILES string of the molecule is COc1ccc2oc(C(=O)N3CCN(S(=O)(=O)c4ccc(Cl)s4)CC3)c(C)c2c1. The number of carbonyl (C=O) groups is 1. The third-order valence-corrected chi connectivity index (χ3v) is 8.60. The van der Waals surface area contributed by atoms with Gasteiger partial charge < -0.3 is 14.1 Å². The molecule has 1 saturated heterocycles. The number of thiophene rings is 1. The molecule has 4 rings (SSSR count). The highest BCUT2D eigenvalue weighted by molar-refractivity contribution is 7.91. The number of ether oxygens (including phenoxy) is 1. The molecule has 3 heterocycles. The number of rotatable bonds is 4. The van der Waals surface area contributed by atoms with Gasteiger partial charge in [0, 0.05) is 37.1 Å². The van der Waals surface area contributed by atoms with E-state index in [1.807, 2.05) is 13.0 Å². The Morgan fingerprint density at radius 2 is 1.90 bits per heavy atom. The van der Waals surface area contributed by atoms with Crippen LogP contribution >= 0.6 is 22.9 Å². The Labute approximate surface area is 177 Å². The van der Waals surface area contributed by atoms with Crippen LogP contribution in [0.1, 0.15) is 16.1 Å². The monoisotopic (exact) mass is 454 g/mol. The lowest BCUT2D eigenvalue weighted by Gasteiger charge is -2.33. The van der Waals surface area contributed by atoms with Crippen LogP contribution in [0.2, 0.25) is 4.34 Å². The maximum Gasteiger partial charge on any atom is 0.289 e. The average Bonchev–Trinajstić information content (AvgIpc) is 3.31. The van der Waals surface area contributed by atoms with Gasteiger partial charge in [0.2, 0.25) is 0 Å². The first-order valence-electron chi connectivity index (χ1n) is 8.93. The molecule has 0 N–H and O–H groups in total. The number of hydrogen-bond donors (Lipinski definition) is 0. The van der Waals surface area contributed by atoms with Crippen molar-refractivity contribution in [3.63, 3.8) is 0 Å². The van der Waals surface area contributed by atoms with Gasteiger partial charge in [-0.25, -0.2) is 8.42 Å². The van der Waals surface area contributed by atoms with E-state index in [4.69, 9.17) is 20.8 Å². The molecule has 0 aliphatic carbocycles. The van der Waals surface area contributed by atoms with E-state index in [2.05, 4.69) is 0 Å². The van der Waals surface area contributed by atoms with E-state index in [0.29, 0.717) is 15.7 Å². The first kappa shape index (κ1) is 20.2. The van der Waals surface area contributed by atoms with Gasteiger partial charge in [0.25, 0.3) is 15.9 Å². The summed E-state index contributed by atoms with van der Waals surface area (Å²) < 4.78 is 38.5. The number of hydrogen-bond acceptors (Lipinski definition) is 6. The largest absolute Gasteiger partial charge is 0.497 e. The second kappa shape index (κ2) is 7.64. The molecule has 1 aliphatic rings. The zero-order valence-corrected chi connectivity index (χ0v) is 18.2. The van der Waals surface area contributed by atoms with Crippen LogP contribution in [-0.4, -0.2) is 56.8 Å². The molecule has 3 aromatic rings. The normalized spacial score (nSPS) is 15.8. The Balaban J connectivity index is 1.51. The number of furan rings is 1. The van der Waals surface area contributed by atoms with E-state index in [-0.39, 0.29) is 42.1 Å². The first-order valence-corrected chi connectivity index (χ1v) is 11.6. The van der Waals surface area contributed by atoms with E-state index in [1.54, 1.807) is 30.2 Å². The summed E-state index contributed by atoms with van der Waals surface area (Å²) >= 11 is 6.90. The summed E-state index contributed by atoms with van der Waals surface area (Å²) in [5, 5.41) is 0.823. The Morgan fingerprint density at radius 3 is 2.52 bits per heavy atom. The number of methoxy groups -OCH3 is 1. The van der Waals surface area contributed by atoms with Crippen molar-refractivity contribution in [2.75, 3.05) is 33.3 Å². The minimum Gasteiger partial charge on any atom is -0.497 e. The van der Waals surface area contributed by atoms with E-state index in [1.165, 1.54) is 10.4 Å². The number of amides is 1. The summed E-state index contributed by atoms with van der Waals surface area (Å²) in [4.78, 5) is 14.6. The quantitative estimate of drug-likeness (QED) is 0.601. The van der Waals surface area contributed by atoms with Crippen LogP contribution in [0.5, 0.6) is 5.75 Å². The summed E-state index contributed by atoms with van der Waals surface area (Å²) in [7, 11) is -2.02. The fourth-order valence-electron chi connectivity index (χ4n) is 3.37. The molecule has 0 atom stereocenters. The molecule has 0 radical (unpaired) electrons. The van der Waals surface area contributed by atoms with Gasteiger partial charge in [-0.2, -0.15) is 4.31 Å². The highest BCUT2D eigenvalue weighted by Gasteiger charge is 2.33. The number of halogens is 1. The van der Waals surface area contributed by atoms with Crippen LogP contribution in [0.25, 0.3) is 11.0 Å². The standard InChI is InChI=1S/C19H19ClN2O5S2/c1-12-14-11-13(26-2)3-4-15(14)27-18(12)19(23)21-7-9-22(10-8-21)29(24,25)17-6-5-16(20)28-17/h3-6,11H,7-10H2,1-2H3. The summed E-state index contributed by atoms with van der Waals surface area (Å²) in [6, 6.07) is 8.46. The highest BCUT2D eigenvalue weighted by Crippen LogP contribution is 2.31. The molecule has 0 unspecified atom stereocenters. The third kappa shape index (κ3) is 3.63. The Kier molecular flexibility index (Phi) is 5.32. The van der Waals surface area contributed by atoms with Crippen molar-refractivity contribution < 1.29 is 22.4 Å². The molecular formula is C19H19ClN2O5S2. The summed E-state index contributed by atoms with van der Waals surface area (Å²) in [6.07, 6.45) is 0. The van der Waals surface area contributed by atoms with Crippen LogP contribution in [-0.2, 0) is 10.0 Å². The number of carbonyl (C=O) groups excluding carboxylic acids is 1. The van der Waals surface area contributed by atoms with Crippen molar-refractivity contribution in [1.82, 2.24) is 9.21 Å². The lowest BCUT2D eigenvalue weighted by Crippen LogP contribution is -2.50. The molecule has 154 valence electrons. The maximum atomic E-state index is 13.0. The van der Waals surface area contributed by atoms with Crippen LogP contribution in [0.15, 0.2) is 39.0 Å². The van der Waals surface area contributed by atoms with Crippen molar-refractivity contribution in [2.45, 2.75) is 11.1 Å². The van der Waals surface area contributed by atoms with E-state index >= 15 is 0 Å². The Bertz CT molecular complexity index is 1180. The first-order chi connectivity index (χ1) is 13.8. The van der Waals surface area contributed by atoms with Gasteiger partial charge in [-0.05, 0) is 37.3 Å². The lowest BCUT2D eigenvalue weighted by molar-refractivity contribution is 0.0667. The number of piperazine rings is 1. The molecule has 0 bridgehead atoms. The summed E-state index contributed by atoms with van der Waals surface area (Å²) in [6.45, 7) is 2.85. The van der Waals surface area contributed by atoms with Crippen LogP contribution in [0, 0.1) is 6.92 Å². The molecule has 0 spiro atoms. The molecule has 2 aromatic heterocycles. The van der Waals surface area contributed by atoms with Gasteiger partial charge in [0.15, 0.2) is 5.76 Å². The number of sulfonamides is 1. The lowest BCUT2D eigenvalue weighted by atomic mass is 10.1. The van der Waals surface area contributed by atoms with Gasteiger partial charge in [-0.1, -0.05) is 11.6 Å². The summed E-state index contributed by atoms with van der Waals surface area (Å²) in [5.74, 6) is 0.719. The van der Waals surface area contributed by atoms with Crippen LogP contribution in [0.4, 0.5) is 0 Å². The predicted octanol–water partition coefficient (Wildman–Crippen LogP) is 3.61. The number of benzene rings is 1. The second-order valence-corrected chi connectivity index (χ2v) is 10.6. The zero-order chi connectivity index (χ0) is 20.8. The molecule has 29 heavy (non-hydrogen) atoms.